The molecule has 0 unspecified atom stereocenters. The molecule has 1 heterocycles. The van der Waals surface area contributed by atoms with E-state index in [-0.39, 0.29) is 15.9 Å². The molecule has 0 N–H and O–H groups in total. The molecular weight excluding hydrogens is 244 g/mol. The Labute approximate surface area is 83.1 Å². The van der Waals surface area contributed by atoms with E-state index in [1.54, 1.807) is 6.92 Å². The second kappa shape index (κ2) is 4.00. The molecule has 0 spiro atoms. The summed E-state index contributed by atoms with van der Waals surface area (Å²) in [6, 6.07) is 1.48. The first-order chi connectivity index (χ1) is 6.06. The van der Waals surface area contributed by atoms with Crippen LogP contribution in [0, 0.1) is 6.92 Å². The number of hydrogen-bond acceptors (Lipinski definition) is 2. The molecule has 0 saturated carbocycles. The van der Waals surface area contributed by atoms with Gasteiger partial charge in [0.25, 0.3) is 6.43 Å². The van der Waals surface area contributed by atoms with E-state index < -0.39 is 6.43 Å². The Bertz CT molecular complexity index is 317. The van der Waals surface area contributed by atoms with E-state index in [0.29, 0.717) is 5.69 Å². The summed E-state index contributed by atoms with van der Waals surface area (Å²) in [5.41, 5.74) is 0.432. The van der Waals surface area contributed by atoms with Crippen LogP contribution < -0.4 is 4.74 Å². The fourth-order valence-corrected chi connectivity index (χ4v) is 1.63. The average molecular weight is 252 g/mol. The fourth-order valence-electron chi connectivity index (χ4n) is 0.983. The fraction of sp³-hybridized carbons (Fsp3) is 0.375. The second-order valence-corrected chi connectivity index (χ2v) is 3.22. The van der Waals surface area contributed by atoms with E-state index in [9.17, 15) is 8.78 Å². The first kappa shape index (κ1) is 10.4. The van der Waals surface area contributed by atoms with Crippen molar-refractivity contribution in [3.63, 3.8) is 0 Å². The first-order valence-electron chi connectivity index (χ1n) is 3.55. The lowest BCUT2D eigenvalue weighted by Crippen LogP contribution is -1.97. The smallest absolute Gasteiger partial charge is 0.270 e. The molecule has 0 aromatic carbocycles. The summed E-state index contributed by atoms with van der Waals surface area (Å²) in [7, 11) is 1.35. The van der Waals surface area contributed by atoms with Crippen LogP contribution in [0.15, 0.2) is 10.7 Å². The predicted octanol–water partition coefficient (Wildman–Crippen LogP) is 3.10. The molecule has 0 aliphatic rings. The molecular formula is C8H8BrF2NO. The van der Waals surface area contributed by atoms with E-state index in [0.717, 1.165) is 0 Å². The third-order valence-corrected chi connectivity index (χ3v) is 2.14. The minimum absolute atomic E-state index is 0.138. The van der Waals surface area contributed by atoms with Gasteiger partial charge in [0, 0.05) is 11.8 Å². The third-order valence-electron chi connectivity index (χ3n) is 1.54. The quantitative estimate of drug-likeness (QED) is 0.754. The number of aryl methyl sites for hydroxylation is 1. The number of nitrogens with zero attached hydrogens (tertiary/aromatic N) is 1. The number of alkyl halides is 2. The second-order valence-electron chi connectivity index (χ2n) is 2.47. The van der Waals surface area contributed by atoms with Crippen LogP contribution in [-0.4, -0.2) is 12.1 Å². The Balaban J connectivity index is 3.30. The Morgan fingerprint density at radius 2 is 2.15 bits per heavy atom. The minimum atomic E-state index is -2.59. The normalized spacial score (nSPS) is 10.6. The van der Waals surface area contributed by atoms with Crippen molar-refractivity contribution in [3.8, 4) is 5.75 Å². The molecule has 2 nitrogen and oxygen atoms in total. The Hall–Kier alpha value is -0.710. The maximum Gasteiger partial charge on any atom is 0.270 e. The predicted molar refractivity (Wildman–Crippen MR) is 48.2 cm³/mol. The van der Waals surface area contributed by atoms with Crippen molar-refractivity contribution in [2.24, 2.45) is 0 Å². The molecule has 0 atom stereocenters. The van der Waals surface area contributed by atoms with Crippen LogP contribution >= 0.6 is 15.9 Å². The summed E-state index contributed by atoms with van der Waals surface area (Å²) >= 11 is 2.97. The van der Waals surface area contributed by atoms with E-state index in [2.05, 4.69) is 20.9 Å². The van der Waals surface area contributed by atoms with Gasteiger partial charge in [0.2, 0.25) is 0 Å². The Morgan fingerprint density at radius 3 is 2.62 bits per heavy atom. The van der Waals surface area contributed by atoms with Gasteiger partial charge in [0.1, 0.15) is 10.4 Å². The van der Waals surface area contributed by atoms with Crippen LogP contribution in [0.2, 0.25) is 0 Å². The molecule has 5 heteroatoms. The highest BCUT2D eigenvalue weighted by atomic mass is 79.9. The Kier molecular flexibility index (Phi) is 3.19. The van der Waals surface area contributed by atoms with E-state index in [4.69, 9.17) is 4.74 Å². The number of rotatable bonds is 2. The highest BCUT2D eigenvalue weighted by molar-refractivity contribution is 9.10. The maximum absolute atomic E-state index is 12.5. The first-order valence-corrected chi connectivity index (χ1v) is 4.34. The molecule has 1 aromatic heterocycles. The maximum atomic E-state index is 12.5. The summed E-state index contributed by atoms with van der Waals surface area (Å²) in [6.45, 7) is 1.71. The summed E-state index contributed by atoms with van der Waals surface area (Å²) in [6.07, 6.45) is -2.59. The van der Waals surface area contributed by atoms with Gasteiger partial charge in [-0.1, -0.05) is 0 Å². The van der Waals surface area contributed by atoms with Crippen molar-refractivity contribution in [3.05, 3.63) is 21.9 Å². The summed E-state index contributed by atoms with van der Waals surface area (Å²) in [4.78, 5) is 3.86. The minimum Gasteiger partial charge on any atom is -0.496 e. The number of ether oxygens (including phenoxy) is 1. The molecule has 0 amide bonds. The molecule has 0 bridgehead atoms. The van der Waals surface area contributed by atoms with Crippen molar-refractivity contribution in [1.82, 2.24) is 4.98 Å². The van der Waals surface area contributed by atoms with Gasteiger partial charge in [-0.15, -0.1) is 0 Å². The van der Waals surface area contributed by atoms with Gasteiger partial charge in [0.05, 0.1) is 12.7 Å². The highest BCUT2D eigenvalue weighted by Gasteiger charge is 2.19. The van der Waals surface area contributed by atoms with Crippen molar-refractivity contribution in [2.45, 2.75) is 13.3 Å². The number of hydrogen-bond donors (Lipinski definition) is 0. The lowest BCUT2D eigenvalue weighted by Gasteiger charge is -2.09. The number of pyridine rings is 1. The monoisotopic (exact) mass is 251 g/mol. The van der Waals surface area contributed by atoms with Crippen LogP contribution in [0.1, 0.15) is 17.7 Å². The molecule has 0 aliphatic carbocycles. The topological polar surface area (TPSA) is 22.1 Å². The van der Waals surface area contributed by atoms with Crippen molar-refractivity contribution < 1.29 is 13.5 Å². The standard InChI is InChI=1S/C8H8BrF2NO/c1-4-3-5(13-2)6(8(10)11)7(9)12-4/h3,8H,1-2H3. The van der Waals surface area contributed by atoms with Crippen molar-refractivity contribution >= 4 is 15.9 Å². The summed E-state index contributed by atoms with van der Waals surface area (Å²) < 4.78 is 29.9. The van der Waals surface area contributed by atoms with Crippen LogP contribution in [0.3, 0.4) is 0 Å². The largest absolute Gasteiger partial charge is 0.496 e. The lowest BCUT2D eigenvalue weighted by molar-refractivity contribution is 0.145. The zero-order chi connectivity index (χ0) is 10.0. The van der Waals surface area contributed by atoms with Gasteiger partial charge in [-0.2, -0.15) is 0 Å². The van der Waals surface area contributed by atoms with Gasteiger partial charge < -0.3 is 4.74 Å². The van der Waals surface area contributed by atoms with E-state index in [1.807, 2.05) is 0 Å². The number of halogens is 3. The van der Waals surface area contributed by atoms with Crippen molar-refractivity contribution in [1.29, 1.82) is 0 Å². The van der Waals surface area contributed by atoms with Gasteiger partial charge in [-0.3, -0.25) is 0 Å². The molecule has 0 saturated heterocycles. The Morgan fingerprint density at radius 1 is 1.54 bits per heavy atom. The average Bonchev–Trinajstić information content (AvgIpc) is 2.01. The molecule has 0 radical (unpaired) electrons. The highest BCUT2D eigenvalue weighted by Crippen LogP contribution is 2.34. The molecule has 72 valence electrons. The van der Waals surface area contributed by atoms with Gasteiger partial charge in [0.15, 0.2) is 0 Å². The number of aromatic nitrogens is 1. The third kappa shape index (κ3) is 2.15. The zero-order valence-electron chi connectivity index (χ0n) is 7.14. The van der Waals surface area contributed by atoms with Gasteiger partial charge in [-0.05, 0) is 22.9 Å². The summed E-state index contributed by atoms with van der Waals surface area (Å²) in [5.74, 6) is 0.161. The van der Waals surface area contributed by atoms with Crippen LogP contribution in [0.5, 0.6) is 5.75 Å². The molecule has 13 heavy (non-hydrogen) atoms. The lowest BCUT2D eigenvalue weighted by atomic mass is 10.2. The van der Waals surface area contributed by atoms with E-state index >= 15 is 0 Å². The van der Waals surface area contributed by atoms with Gasteiger partial charge in [-0.25, -0.2) is 13.8 Å². The van der Waals surface area contributed by atoms with E-state index in [1.165, 1.54) is 13.2 Å². The van der Waals surface area contributed by atoms with Gasteiger partial charge >= 0.3 is 0 Å². The number of methoxy groups -OCH3 is 1. The van der Waals surface area contributed by atoms with Crippen LogP contribution in [0.25, 0.3) is 0 Å². The zero-order valence-corrected chi connectivity index (χ0v) is 8.73. The molecule has 1 rings (SSSR count). The molecule has 1 aromatic rings. The molecule has 0 fully saturated rings. The summed E-state index contributed by atoms with van der Waals surface area (Å²) in [5, 5.41) is 0. The van der Waals surface area contributed by atoms with Crippen molar-refractivity contribution in [2.75, 3.05) is 7.11 Å². The SMILES string of the molecule is COc1cc(C)nc(Br)c1C(F)F. The molecule has 0 aliphatic heterocycles. The van der Waals surface area contributed by atoms with Crippen LogP contribution in [-0.2, 0) is 0 Å². The van der Waals surface area contributed by atoms with Crippen LogP contribution in [0.4, 0.5) is 8.78 Å².